The lowest BCUT2D eigenvalue weighted by atomic mass is 9.93. The minimum atomic E-state index is 0.346. The quantitative estimate of drug-likeness (QED) is 0.698. The predicted molar refractivity (Wildman–Crippen MR) is 90.9 cm³/mol. The first-order valence-corrected chi connectivity index (χ1v) is 8.54. The van der Waals surface area contributed by atoms with Gasteiger partial charge in [-0.1, -0.05) is 70.5 Å². The molecule has 1 nitrogen and oxygen atoms in total. The summed E-state index contributed by atoms with van der Waals surface area (Å²) in [6.45, 7) is 3.07. The van der Waals surface area contributed by atoms with Gasteiger partial charge in [0.1, 0.15) is 0 Å². The molecule has 3 unspecified atom stereocenters. The van der Waals surface area contributed by atoms with Gasteiger partial charge in [-0.2, -0.15) is 0 Å². The molecule has 2 heteroatoms. The lowest BCUT2D eigenvalue weighted by Crippen LogP contribution is -2.16. The second kappa shape index (κ2) is 6.76. The first kappa shape index (κ1) is 14.8. The molecule has 1 aliphatic rings. The molecule has 0 bridgehead atoms. The summed E-state index contributed by atoms with van der Waals surface area (Å²) in [6.07, 6.45) is 2.48. The van der Waals surface area contributed by atoms with Crippen molar-refractivity contribution in [2.75, 3.05) is 6.61 Å². The van der Waals surface area contributed by atoms with Crippen molar-refractivity contribution in [3.8, 4) is 0 Å². The van der Waals surface area contributed by atoms with Crippen LogP contribution in [0, 0.1) is 5.92 Å². The third-order valence-electron chi connectivity index (χ3n) is 4.36. The van der Waals surface area contributed by atoms with Gasteiger partial charge in [-0.3, -0.25) is 0 Å². The summed E-state index contributed by atoms with van der Waals surface area (Å²) < 4.78 is 5.68. The van der Waals surface area contributed by atoms with Gasteiger partial charge >= 0.3 is 0 Å². The van der Waals surface area contributed by atoms with Gasteiger partial charge in [0.2, 0.25) is 0 Å². The smallest absolute Gasteiger partial charge is 0.0589 e. The maximum Gasteiger partial charge on any atom is 0.0589 e. The fraction of sp³-hybridized carbons (Fsp3) is 0.368. The molecule has 1 heterocycles. The maximum atomic E-state index is 5.68. The Morgan fingerprint density at radius 2 is 1.71 bits per heavy atom. The van der Waals surface area contributed by atoms with E-state index < -0.39 is 0 Å². The monoisotopic (exact) mass is 344 g/mol. The number of benzene rings is 2. The van der Waals surface area contributed by atoms with Crippen LogP contribution in [0.25, 0.3) is 0 Å². The average Bonchev–Trinajstić information content (AvgIpc) is 2.94. The van der Waals surface area contributed by atoms with Crippen molar-refractivity contribution in [2.45, 2.75) is 30.7 Å². The highest BCUT2D eigenvalue weighted by Gasteiger charge is 2.31. The first-order chi connectivity index (χ1) is 10.2. The summed E-state index contributed by atoms with van der Waals surface area (Å²) in [6, 6.07) is 19.6. The van der Waals surface area contributed by atoms with E-state index in [1.165, 1.54) is 16.7 Å². The van der Waals surface area contributed by atoms with E-state index in [-0.39, 0.29) is 0 Å². The molecule has 0 aromatic heterocycles. The van der Waals surface area contributed by atoms with Gasteiger partial charge in [0.25, 0.3) is 0 Å². The number of rotatable bonds is 4. The Labute approximate surface area is 135 Å². The van der Waals surface area contributed by atoms with Gasteiger partial charge in [-0.25, -0.2) is 0 Å². The largest absolute Gasteiger partial charge is 0.378 e. The van der Waals surface area contributed by atoms with Crippen LogP contribution in [0.4, 0.5) is 0 Å². The minimum absolute atomic E-state index is 0.346. The summed E-state index contributed by atoms with van der Waals surface area (Å²) in [5.41, 5.74) is 4.08. The van der Waals surface area contributed by atoms with Crippen LogP contribution in [0.2, 0.25) is 0 Å². The Hall–Kier alpha value is -1.12. The van der Waals surface area contributed by atoms with E-state index in [0.29, 0.717) is 16.8 Å². The molecule has 21 heavy (non-hydrogen) atoms. The zero-order valence-corrected chi connectivity index (χ0v) is 13.9. The molecule has 1 aliphatic heterocycles. The van der Waals surface area contributed by atoms with Crippen molar-refractivity contribution in [1.82, 2.24) is 0 Å². The maximum absolute atomic E-state index is 5.68. The molecule has 3 atom stereocenters. The van der Waals surface area contributed by atoms with Crippen molar-refractivity contribution in [2.24, 2.45) is 5.92 Å². The van der Waals surface area contributed by atoms with Crippen LogP contribution in [-0.2, 0) is 11.2 Å². The van der Waals surface area contributed by atoms with E-state index in [2.05, 4.69) is 77.5 Å². The normalized spacial score (nSPS) is 23.1. The fourth-order valence-electron chi connectivity index (χ4n) is 3.03. The molecule has 0 aliphatic carbocycles. The molecule has 2 aromatic rings. The Morgan fingerprint density at radius 1 is 1.05 bits per heavy atom. The molecular formula is C19H21BrO. The van der Waals surface area contributed by atoms with E-state index in [9.17, 15) is 0 Å². The summed E-state index contributed by atoms with van der Waals surface area (Å²) in [4.78, 5) is 0.390. The lowest BCUT2D eigenvalue weighted by Gasteiger charge is -2.21. The standard InChI is InChI=1S/C19H21BrO/c1-14-18(11-12-21-14)19(20)17-9-7-16(8-10-17)13-15-5-3-2-4-6-15/h2-10,14,18-19H,11-13H2,1H3. The van der Waals surface area contributed by atoms with Crippen LogP contribution >= 0.6 is 15.9 Å². The van der Waals surface area contributed by atoms with Gasteiger partial charge in [-0.05, 0) is 36.5 Å². The summed E-state index contributed by atoms with van der Waals surface area (Å²) in [7, 11) is 0. The van der Waals surface area contributed by atoms with E-state index in [1.54, 1.807) is 0 Å². The molecule has 110 valence electrons. The van der Waals surface area contributed by atoms with Crippen LogP contribution in [-0.4, -0.2) is 12.7 Å². The molecule has 1 saturated heterocycles. The molecule has 0 N–H and O–H groups in total. The second-order valence-electron chi connectivity index (χ2n) is 5.83. The number of hydrogen-bond acceptors (Lipinski definition) is 1. The number of alkyl halides is 1. The van der Waals surface area contributed by atoms with Crippen LogP contribution in [0.15, 0.2) is 54.6 Å². The van der Waals surface area contributed by atoms with Crippen molar-refractivity contribution in [1.29, 1.82) is 0 Å². The van der Waals surface area contributed by atoms with E-state index in [4.69, 9.17) is 4.74 Å². The third-order valence-corrected chi connectivity index (χ3v) is 5.57. The molecule has 3 rings (SSSR count). The highest BCUT2D eigenvalue weighted by Crippen LogP contribution is 2.39. The van der Waals surface area contributed by atoms with Crippen LogP contribution in [0.1, 0.15) is 34.9 Å². The van der Waals surface area contributed by atoms with Crippen LogP contribution in [0.5, 0.6) is 0 Å². The molecule has 0 amide bonds. The minimum Gasteiger partial charge on any atom is -0.378 e. The van der Waals surface area contributed by atoms with Gasteiger partial charge in [0, 0.05) is 17.4 Å². The topological polar surface area (TPSA) is 9.23 Å². The van der Waals surface area contributed by atoms with Gasteiger partial charge < -0.3 is 4.74 Å². The number of halogens is 1. The van der Waals surface area contributed by atoms with Gasteiger partial charge in [-0.15, -0.1) is 0 Å². The Bertz CT molecular complexity index is 564. The summed E-state index contributed by atoms with van der Waals surface area (Å²) in [5.74, 6) is 0.574. The predicted octanol–water partition coefficient (Wildman–Crippen LogP) is 5.14. The Morgan fingerprint density at radius 3 is 2.33 bits per heavy atom. The SMILES string of the molecule is CC1OCCC1C(Br)c1ccc(Cc2ccccc2)cc1. The fourth-order valence-corrected chi connectivity index (χ4v) is 4.03. The van der Waals surface area contributed by atoms with Gasteiger partial charge in [0.05, 0.1) is 6.10 Å². The van der Waals surface area contributed by atoms with Gasteiger partial charge in [0.15, 0.2) is 0 Å². The Kier molecular flexibility index (Phi) is 4.77. The van der Waals surface area contributed by atoms with Crippen molar-refractivity contribution >= 4 is 15.9 Å². The van der Waals surface area contributed by atoms with Crippen molar-refractivity contribution in [3.05, 3.63) is 71.3 Å². The first-order valence-electron chi connectivity index (χ1n) is 7.62. The van der Waals surface area contributed by atoms with Crippen molar-refractivity contribution in [3.63, 3.8) is 0 Å². The summed E-state index contributed by atoms with van der Waals surface area (Å²) in [5, 5.41) is 0. The molecular weight excluding hydrogens is 324 g/mol. The second-order valence-corrected chi connectivity index (χ2v) is 6.82. The van der Waals surface area contributed by atoms with Crippen LogP contribution < -0.4 is 0 Å². The highest BCUT2D eigenvalue weighted by atomic mass is 79.9. The van der Waals surface area contributed by atoms with E-state index in [0.717, 1.165) is 19.4 Å². The summed E-state index contributed by atoms with van der Waals surface area (Å²) >= 11 is 3.86. The zero-order valence-electron chi connectivity index (χ0n) is 12.3. The molecule has 0 saturated carbocycles. The zero-order chi connectivity index (χ0) is 14.7. The van der Waals surface area contributed by atoms with Crippen LogP contribution in [0.3, 0.4) is 0 Å². The number of hydrogen-bond donors (Lipinski definition) is 0. The average molecular weight is 345 g/mol. The Balaban J connectivity index is 1.69. The molecule has 0 spiro atoms. The molecule has 1 fully saturated rings. The van der Waals surface area contributed by atoms with E-state index >= 15 is 0 Å². The lowest BCUT2D eigenvalue weighted by molar-refractivity contribution is 0.105. The third kappa shape index (κ3) is 3.56. The molecule has 0 radical (unpaired) electrons. The molecule has 2 aromatic carbocycles. The van der Waals surface area contributed by atoms with Crippen molar-refractivity contribution < 1.29 is 4.74 Å². The highest BCUT2D eigenvalue weighted by molar-refractivity contribution is 9.09. The van der Waals surface area contributed by atoms with E-state index in [1.807, 2.05) is 0 Å². The number of ether oxygens (including phenoxy) is 1.